The number of nitrogen functional groups attached to an aromatic ring is 1. The molecule has 2 aromatic rings. The number of nitrogens with one attached hydrogen (secondary N) is 1. The van der Waals surface area contributed by atoms with Gasteiger partial charge in [0.1, 0.15) is 0 Å². The minimum atomic E-state index is 0.735. The standard InChI is InChI=1S/C9H8N2S/c10-7-3-1-2-6-8(12)4-5-11-9(6)7/h1-5H,10H2,(H,11,12). The highest BCUT2D eigenvalue weighted by atomic mass is 32.1. The lowest BCUT2D eigenvalue weighted by atomic mass is 10.2. The minimum absolute atomic E-state index is 0.735. The van der Waals surface area contributed by atoms with Crippen LogP contribution in [-0.2, 0) is 0 Å². The van der Waals surface area contributed by atoms with Gasteiger partial charge in [-0.05, 0) is 12.1 Å². The summed E-state index contributed by atoms with van der Waals surface area (Å²) in [6, 6.07) is 7.58. The zero-order valence-electron chi connectivity index (χ0n) is 6.37. The minimum Gasteiger partial charge on any atom is -0.397 e. The second kappa shape index (κ2) is 2.60. The maximum atomic E-state index is 5.75. The number of aromatic amines is 1. The Hall–Kier alpha value is -1.35. The Morgan fingerprint density at radius 3 is 2.83 bits per heavy atom. The predicted octanol–water partition coefficient (Wildman–Crippen LogP) is 2.48. The highest BCUT2D eigenvalue weighted by molar-refractivity contribution is 7.71. The Morgan fingerprint density at radius 2 is 2.08 bits per heavy atom. The summed E-state index contributed by atoms with van der Waals surface area (Å²) in [7, 11) is 0. The van der Waals surface area contributed by atoms with E-state index in [0.29, 0.717) is 0 Å². The molecule has 0 spiro atoms. The Bertz CT molecular complexity index is 473. The van der Waals surface area contributed by atoms with Crippen molar-refractivity contribution in [3.63, 3.8) is 0 Å². The zero-order chi connectivity index (χ0) is 8.55. The van der Waals surface area contributed by atoms with Crippen molar-refractivity contribution < 1.29 is 0 Å². The summed E-state index contributed by atoms with van der Waals surface area (Å²) in [6.45, 7) is 0. The molecule has 0 aliphatic carbocycles. The van der Waals surface area contributed by atoms with Gasteiger partial charge in [0.2, 0.25) is 0 Å². The SMILES string of the molecule is Nc1cccc2c(=S)cc[nH]c12. The smallest absolute Gasteiger partial charge is 0.0701 e. The van der Waals surface area contributed by atoms with E-state index in [4.69, 9.17) is 18.0 Å². The molecule has 1 heterocycles. The second-order valence-electron chi connectivity index (χ2n) is 2.61. The summed E-state index contributed by atoms with van der Waals surface area (Å²) in [5.41, 5.74) is 7.40. The summed E-state index contributed by atoms with van der Waals surface area (Å²) in [5, 5.41) is 1.01. The number of rotatable bonds is 0. The zero-order valence-corrected chi connectivity index (χ0v) is 7.19. The van der Waals surface area contributed by atoms with Crippen LogP contribution in [0.3, 0.4) is 0 Å². The van der Waals surface area contributed by atoms with Crippen molar-refractivity contribution in [2.45, 2.75) is 0 Å². The third kappa shape index (κ3) is 0.987. The molecule has 0 amide bonds. The number of benzene rings is 1. The van der Waals surface area contributed by atoms with E-state index in [0.717, 1.165) is 21.1 Å². The molecule has 0 saturated heterocycles. The van der Waals surface area contributed by atoms with E-state index >= 15 is 0 Å². The number of nitrogens with two attached hydrogens (primary N) is 1. The molecule has 0 radical (unpaired) electrons. The fourth-order valence-corrected chi connectivity index (χ4v) is 1.47. The summed E-state index contributed by atoms with van der Waals surface area (Å²) < 4.78 is 0.830. The van der Waals surface area contributed by atoms with Gasteiger partial charge in [-0.2, -0.15) is 0 Å². The molecule has 0 saturated carbocycles. The highest BCUT2D eigenvalue weighted by Crippen LogP contribution is 2.18. The van der Waals surface area contributed by atoms with Crippen LogP contribution < -0.4 is 5.73 Å². The van der Waals surface area contributed by atoms with E-state index in [1.165, 1.54) is 0 Å². The number of para-hydroxylation sites is 1. The van der Waals surface area contributed by atoms with Crippen molar-refractivity contribution in [3.05, 3.63) is 35.0 Å². The normalized spacial score (nSPS) is 10.3. The molecule has 0 fully saturated rings. The van der Waals surface area contributed by atoms with Crippen LogP contribution in [0.15, 0.2) is 30.5 Å². The van der Waals surface area contributed by atoms with Gasteiger partial charge < -0.3 is 10.7 Å². The van der Waals surface area contributed by atoms with Gasteiger partial charge >= 0.3 is 0 Å². The van der Waals surface area contributed by atoms with Crippen molar-refractivity contribution in [1.29, 1.82) is 0 Å². The third-order valence-corrected chi connectivity index (χ3v) is 2.18. The van der Waals surface area contributed by atoms with E-state index < -0.39 is 0 Å². The Morgan fingerprint density at radius 1 is 1.25 bits per heavy atom. The predicted molar refractivity (Wildman–Crippen MR) is 53.5 cm³/mol. The Labute approximate surface area is 75.0 Å². The van der Waals surface area contributed by atoms with Crippen molar-refractivity contribution in [1.82, 2.24) is 4.98 Å². The molecule has 0 atom stereocenters. The van der Waals surface area contributed by atoms with Gasteiger partial charge in [0, 0.05) is 16.1 Å². The van der Waals surface area contributed by atoms with Crippen LogP contribution in [0.1, 0.15) is 0 Å². The summed E-state index contributed by atoms with van der Waals surface area (Å²) in [5.74, 6) is 0. The molecule has 2 nitrogen and oxygen atoms in total. The monoisotopic (exact) mass is 176 g/mol. The van der Waals surface area contributed by atoms with Crippen LogP contribution in [-0.4, -0.2) is 4.98 Å². The average molecular weight is 176 g/mol. The third-order valence-electron chi connectivity index (χ3n) is 1.82. The van der Waals surface area contributed by atoms with Crippen molar-refractivity contribution >= 4 is 28.8 Å². The molecular formula is C9H8N2S. The van der Waals surface area contributed by atoms with Crippen LogP contribution in [0.4, 0.5) is 5.69 Å². The Kier molecular flexibility index (Phi) is 1.59. The van der Waals surface area contributed by atoms with Crippen molar-refractivity contribution in [2.24, 2.45) is 0 Å². The molecule has 1 aromatic heterocycles. The molecular weight excluding hydrogens is 168 g/mol. The number of pyridine rings is 1. The quantitative estimate of drug-likeness (QED) is 0.478. The second-order valence-corrected chi connectivity index (χ2v) is 3.05. The first kappa shape index (κ1) is 7.31. The lowest BCUT2D eigenvalue weighted by molar-refractivity contribution is 1.41. The number of fused-ring (bicyclic) bond motifs is 1. The van der Waals surface area contributed by atoms with Crippen LogP contribution in [0, 0.1) is 4.51 Å². The summed E-state index contributed by atoms with van der Waals surface area (Å²) in [6.07, 6.45) is 1.81. The molecule has 12 heavy (non-hydrogen) atoms. The lowest BCUT2D eigenvalue weighted by Crippen LogP contribution is -1.88. The fraction of sp³-hybridized carbons (Fsp3) is 0. The molecule has 1 aromatic carbocycles. The van der Waals surface area contributed by atoms with Crippen LogP contribution in [0.5, 0.6) is 0 Å². The number of anilines is 1. The van der Waals surface area contributed by atoms with E-state index in [2.05, 4.69) is 4.98 Å². The number of hydrogen-bond acceptors (Lipinski definition) is 2. The molecule has 0 aliphatic heterocycles. The highest BCUT2D eigenvalue weighted by Gasteiger charge is 1.96. The molecule has 0 bridgehead atoms. The first-order valence-corrected chi connectivity index (χ1v) is 4.06. The molecule has 3 heteroatoms. The Balaban J connectivity index is 3.05. The van der Waals surface area contributed by atoms with Gasteiger partial charge in [-0.15, -0.1) is 0 Å². The molecule has 60 valence electrons. The maximum absolute atomic E-state index is 5.75. The topological polar surface area (TPSA) is 41.8 Å². The van der Waals surface area contributed by atoms with Crippen LogP contribution in [0.2, 0.25) is 0 Å². The van der Waals surface area contributed by atoms with E-state index in [1.54, 1.807) is 6.20 Å². The van der Waals surface area contributed by atoms with Crippen molar-refractivity contribution in [2.75, 3.05) is 5.73 Å². The molecule has 0 aliphatic rings. The summed E-state index contributed by atoms with van der Waals surface area (Å²) in [4.78, 5) is 3.07. The number of aromatic nitrogens is 1. The van der Waals surface area contributed by atoms with E-state index in [1.807, 2.05) is 24.3 Å². The molecule has 0 unspecified atom stereocenters. The maximum Gasteiger partial charge on any atom is 0.0701 e. The van der Waals surface area contributed by atoms with Gasteiger partial charge in [-0.25, -0.2) is 0 Å². The van der Waals surface area contributed by atoms with Gasteiger partial charge in [-0.1, -0.05) is 24.4 Å². The number of H-pyrrole nitrogens is 1. The van der Waals surface area contributed by atoms with Gasteiger partial charge in [-0.3, -0.25) is 0 Å². The van der Waals surface area contributed by atoms with Crippen LogP contribution >= 0.6 is 12.2 Å². The van der Waals surface area contributed by atoms with Crippen LogP contribution in [0.25, 0.3) is 10.9 Å². The van der Waals surface area contributed by atoms with Gasteiger partial charge in [0.05, 0.1) is 11.2 Å². The molecule has 2 rings (SSSR count). The van der Waals surface area contributed by atoms with Gasteiger partial charge in [0.25, 0.3) is 0 Å². The van der Waals surface area contributed by atoms with Crippen molar-refractivity contribution in [3.8, 4) is 0 Å². The lowest BCUT2D eigenvalue weighted by Gasteiger charge is -2.00. The van der Waals surface area contributed by atoms with E-state index in [9.17, 15) is 0 Å². The first-order chi connectivity index (χ1) is 5.79. The van der Waals surface area contributed by atoms with E-state index in [-0.39, 0.29) is 0 Å². The largest absolute Gasteiger partial charge is 0.397 e. The summed E-state index contributed by atoms with van der Waals surface area (Å²) >= 11 is 5.14. The molecule has 3 N–H and O–H groups in total. The fourth-order valence-electron chi connectivity index (χ4n) is 1.23. The van der Waals surface area contributed by atoms with Gasteiger partial charge in [0.15, 0.2) is 0 Å². The first-order valence-electron chi connectivity index (χ1n) is 3.65. The number of hydrogen-bond donors (Lipinski definition) is 2. The average Bonchev–Trinajstić information content (AvgIpc) is 2.07.